The smallest absolute Gasteiger partial charge is 0.320 e. The standard InChI is InChI=1S/C17H19NO3/c1-18(10-15(11-18)17(20)21-2)9-12-3-4-14-8-16(19)6-5-13(14)7-12/h3-8,15H,9-11H2,1-2H3/p+1. The van der Waals surface area contributed by atoms with Crippen molar-refractivity contribution in [1.82, 2.24) is 0 Å². The van der Waals surface area contributed by atoms with Gasteiger partial charge in [-0.1, -0.05) is 18.2 Å². The zero-order valence-electron chi connectivity index (χ0n) is 12.4. The zero-order valence-corrected chi connectivity index (χ0v) is 12.4. The minimum atomic E-state index is -0.0976. The third kappa shape index (κ3) is 2.72. The molecule has 1 aliphatic rings. The minimum Gasteiger partial charge on any atom is -0.508 e. The van der Waals surface area contributed by atoms with Crippen LogP contribution < -0.4 is 0 Å². The Morgan fingerprint density at radius 1 is 1.24 bits per heavy atom. The summed E-state index contributed by atoms with van der Waals surface area (Å²) in [4.78, 5) is 11.5. The van der Waals surface area contributed by atoms with Crippen LogP contribution in [0.25, 0.3) is 10.8 Å². The maximum absolute atomic E-state index is 11.5. The molecule has 0 saturated carbocycles. The number of likely N-dealkylation sites (tertiary alicyclic amines) is 1. The molecular weight excluding hydrogens is 266 g/mol. The molecule has 0 amide bonds. The fourth-order valence-corrected chi connectivity index (χ4v) is 3.28. The molecule has 0 aliphatic carbocycles. The van der Waals surface area contributed by atoms with Gasteiger partial charge in [-0.2, -0.15) is 0 Å². The number of rotatable bonds is 3. The van der Waals surface area contributed by atoms with Gasteiger partial charge in [-0.05, 0) is 29.0 Å². The van der Waals surface area contributed by atoms with Gasteiger partial charge >= 0.3 is 5.97 Å². The van der Waals surface area contributed by atoms with Crippen LogP contribution in [0.5, 0.6) is 5.75 Å². The number of carbonyl (C=O) groups excluding carboxylic acids is 1. The SMILES string of the molecule is COC(=O)C1C[N+](C)(Cc2ccc3cc(O)ccc3c2)C1. The van der Waals surface area contributed by atoms with E-state index >= 15 is 0 Å². The molecule has 0 aromatic heterocycles. The van der Waals surface area contributed by atoms with E-state index in [0.717, 1.165) is 34.9 Å². The average molecular weight is 286 g/mol. The van der Waals surface area contributed by atoms with E-state index in [2.05, 4.69) is 19.2 Å². The number of quaternary nitrogens is 1. The van der Waals surface area contributed by atoms with E-state index in [1.165, 1.54) is 12.7 Å². The number of hydrogen-bond donors (Lipinski definition) is 1. The highest BCUT2D eigenvalue weighted by Gasteiger charge is 2.45. The monoisotopic (exact) mass is 286 g/mol. The summed E-state index contributed by atoms with van der Waals surface area (Å²) < 4.78 is 5.66. The van der Waals surface area contributed by atoms with Crippen LogP contribution in [-0.2, 0) is 16.1 Å². The maximum atomic E-state index is 11.5. The van der Waals surface area contributed by atoms with Gasteiger partial charge in [-0.25, -0.2) is 0 Å². The molecule has 0 radical (unpaired) electrons. The second-order valence-electron chi connectivity index (χ2n) is 6.23. The predicted octanol–water partition coefficient (Wildman–Crippen LogP) is 2.29. The summed E-state index contributed by atoms with van der Waals surface area (Å²) in [5.41, 5.74) is 1.25. The Morgan fingerprint density at radius 3 is 2.62 bits per heavy atom. The van der Waals surface area contributed by atoms with E-state index in [1.807, 2.05) is 12.1 Å². The third-order valence-corrected chi connectivity index (χ3v) is 4.31. The molecule has 1 heterocycles. The Labute approximate surface area is 124 Å². The van der Waals surface area contributed by atoms with Gasteiger partial charge in [0.25, 0.3) is 0 Å². The molecule has 0 atom stereocenters. The molecule has 1 N–H and O–H groups in total. The minimum absolute atomic E-state index is 0.0393. The highest BCUT2D eigenvalue weighted by atomic mass is 16.5. The van der Waals surface area contributed by atoms with Crippen LogP contribution in [0.15, 0.2) is 36.4 Å². The fourth-order valence-electron chi connectivity index (χ4n) is 3.28. The van der Waals surface area contributed by atoms with E-state index < -0.39 is 0 Å². The lowest BCUT2D eigenvalue weighted by Crippen LogP contribution is -2.62. The lowest BCUT2D eigenvalue weighted by atomic mass is 9.95. The van der Waals surface area contributed by atoms with Crippen LogP contribution in [0, 0.1) is 5.92 Å². The first-order valence-corrected chi connectivity index (χ1v) is 7.12. The van der Waals surface area contributed by atoms with E-state index in [4.69, 9.17) is 4.74 Å². The molecule has 21 heavy (non-hydrogen) atoms. The maximum Gasteiger partial charge on any atom is 0.320 e. The highest BCUT2D eigenvalue weighted by Crippen LogP contribution is 2.29. The predicted molar refractivity (Wildman–Crippen MR) is 80.7 cm³/mol. The number of phenolic OH excluding ortho intramolecular Hbond substituents is 1. The molecular formula is C17H20NO3+. The van der Waals surface area contributed by atoms with Gasteiger partial charge in [0.05, 0.1) is 27.2 Å². The largest absolute Gasteiger partial charge is 0.508 e. The molecule has 0 spiro atoms. The molecule has 1 fully saturated rings. The summed E-state index contributed by atoms with van der Waals surface area (Å²) in [6.45, 7) is 2.57. The van der Waals surface area contributed by atoms with Crippen LogP contribution in [0.2, 0.25) is 0 Å². The first-order valence-electron chi connectivity index (χ1n) is 7.12. The number of nitrogens with zero attached hydrogens (tertiary/aromatic N) is 1. The zero-order chi connectivity index (χ0) is 15.0. The highest BCUT2D eigenvalue weighted by molar-refractivity contribution is 5.84. The molecule has 0 bridgehead atoms. The van der Waals surface area contributed by atoms with E-state index in [1.54, 1.807) is 12.1 Å². The van der Waals surface area contributed by atoms with Crippen molar-refractivity contribution in [1.29, 1.82) is 0 Å². The quantitative estimate of drug-likeness (QED) is 0.695. The summed E-state index contributed by atoms with van der Waals surface area (Å²) in [5.74, 6) is 0.231. The van der Waals surface area contributed by atoms with Gasteiger partial charge in [0, 0.05) is 5.56 Å². The lowest BCUT2D eigenvalue weighted by molar-refractivity contribution is -0.965. The molecule has 0 unspecified atom stereocenters. The Bertz CT molecular complexity index is 689. The molecule has 110 valence electrons. The number of benzene rings is 2. The number of ether oxygens (including phenoxy) is 1. The van der Waals surface area contributed by atoms with E-state index in [9.17, 15) is 9.90 Å². The molecule has 3 rings (SSSR count). The number of fused-ring (bicyclic) bond motifs is 1. The van der Waals surface area contributed by atoms with Crippen molar-refractivity contribution in [2.75, 3.05) is 27.2 Å². The topological polar surface area (TPSA) is 46.5 Å². The van der Waals surface area contributed by atoms with Gasteiger partial charge < -0.3 is 14.3 Å². The van der Waals surface area contributed by atoms with Crippen molar-refractivity contribution in [3.05, 3.63) is 42.0 Å². The number of carbonyl (C=O) groups is 1. The van der Waals surface area contributed by atoms with Gasteiger partial charge in [-0.3, -0.25) is 4.79 Å². The van der Waals surface area contributed by atoms with Gasteiger partial charge in [0.1, 0.15) is 12.3 Å². The number of hydrogen-bond acceptors (Lipinski definition) is 3. The molecule has 1 saturated heterocycles. The van der Waals surface area contributed by atoms with Gasteiger partial charge in [0.2, 0.25) is 0 Å². The summed E-state index contributed by atoms with van der Waals surface area (Å²) in [7, 11) is 3.62. The van der Waals surface area contributed by atoms with Crippen molar-refractivity contribution >= 4 is 16.7 Å². The Hall–Kier alpha value is -2.07. The van der Waals surface area contributed by atoms with Crippen molar-refractivity contribution in [2.45, 2.75) is 6.54 Å². The number of esters is 1. The summed E-state index contributed by atoms with van der Waals surface area (Å²) in [5, 5.41) is 11.7. The van der Waals surface area contributed by atoms with Gasteiger partial charge in [0.15, 0.2) is 5.92 Å². The summed E-state index contributed by atoms with van der Waals surface area (Å²) in [6, 6.07) is 11.7. The number of aromatic hydroxyl groups is 1. The normalized spacial score (nSPS) is 24.6. The second kappa shape index (κ2) is 5.04. The van der Waals surface area contributed by atoms with Crippen LogP contribution >= 0.6 is 0 Å². The third-order valence-electron chi connectivity index (χ3n) is 4.31. The summed E-state index contributed by atoms with van der Waals surface area (Å²) in [6.07, 6.45) is 0. The molecule has 2 aromatic carbocycles. The Morgan fingerprint density at radius 2 is 1.90 bits per heavy atom. The molecule has 4 nitrogen and oxygen atoms in total. The van der Waals surface area contributed by atoms with E-state index in [-0.39, 0.29) is 17.6 Å². The number of phenols is 1. The molecule has 2 aromatic rings. The van der Waals surface area contributed by atoms with Crippen molar-refractivity contribution in [3.8, 4) is 5.75 Å². The lowest BCUT2D eigenvalue weighted by Gasteiger charge is -2.46. The average Bonchev–Trinajstić information content (AvgIpc) is 2.44. The van der Waals surface area contributed by atoms with Crippen LogP contribution in [0.3, 0.4) is 0 Å². The summed E-state index contributed by atoms with van der Waals surface area (Å²) >= 11 is 0. The first-order chi connectivity index (χ1) is 9.99. The van der Waals surface area contributed by atoms with Crippen molar-refractivity contribution in [3.63, 3.8) is 0 Å². The molecule has 4 heteroatoms. The Kier molecular flexibility index (Phi) is 3.33. The van der Waals surface area contributed by atoms with Crippen molar-refractivity contribution < 1.29 is 19.1 Å². The fraction of sp³-hybridized carbons (Fsp3) is 0.353. The first kappa shape index (κ1) is 13.9. The van der Waals surface area contributed by atoms with Crippen LogP contribution in [-0.4, -0.2) is 42.8 Å². The van der Waals surface area contributed by atoms with Crippen molar-refractivity contribution in [2.24, 2.45) is 5.92 Å². The van der Waals surface area contributed by atoms with Crippen LogP contribution in [0.1, 0.15) is 5.56 Å². The van der Waals surface area contributed by atoms with Gasteiger partial charge in [-0.15, -0.1) is 0 Å². The molecule has 1 aliphatic heterocycles. The van der Waals surface area contributed by atoms with E-state index in [0.29, 0.717) is 0 Å². The Balaban J connectivity index is 1.74. The second-order valence-corrected chi connectivity index (χ2v) is 6.23. The van der Waals surface area contributed by atoms with Crippen LogP contribution in [0.4, 0.5) is 0 Å². The number of methoxy groups -OCH3 is 1.